The first-order chi connectivity index (χ1) is 16.6. The van der Waals surface area contributed by atoms with Gasteiger partial charge < -0.3 is 10.2 Å². The predicted octanol–water partition coefficient (Wildman–Crippen LogP) is 5.51. The average Bonchev–Trinajstić information content (AvgIpc) is 2.87. The van der Waals surface area contributed by atoms with Crippen LogP contribution in [0.2, 0.25) is 0 Å². The van der Waals surface area contributed by atoms with E-state index < -0.39 is 0 Å². The molecule has 6 heteroatoms. The number of halogens is 1. The number of hydrogen-bond acceptors (Lipinski definition) is 4. The number of pyridine rings is 1. The molecule has 1 atom stereocenters. The zero-order valence-electron chi connectivity index (χ0n) is 20.0. The van der Waals surface area contributed by atoms with Gasteiger partial charge in [0.25, 0.3) is 0 Å². The highest BCUT2D eigenvalue weighted by Gasteiger charge is 2.27. The molecular formula is C28H33FN4O. The number of nitrogens with zero attached hydrogens (tertiary/aromatic N) is 3. The van der Waals surface area contributed by atoms with E-state index in [4.69, 9.17) is 0 Å². The molecule has 2 aromatic carbocycles. The van der Waals surface area contributed by atoms with Gasteiger partial charge in [0.15, 0.2) is 0 Å². The summed E-state index contributed by atoms with van der Waals surface area (Å²) < 4.78 is 15.0. The van der Waals surface area contributed by atoms with Crippen molar-refractivity contribution in [2.24, 2.45) is 5.92 Å². The van der Waals surface area contributed by atoms with Gasteiger partial charge in [-0.3, -0.25) is 14.7 Å². The molecule has 3 aromatic rings. The summed E-state index contributed by atoms with van der Waals surface area (Å²) in [5, 5.41) is 2.86. The first-order valence-electron chi connectivity index (χ1n) is 12.1. The Balaban J connectivity index is 1.45. The number of carbonyl (C=O) groups excluding carboxylic acids is 1. The van der Waals surface area contributed by atoms with Crippen molar-refractivity contribution < 1.29 is 9.18 Å². The lowest BCUT2D eigenvalue weighted by Gasteiger charge is -2.40. The number of rotatable bonds is 8. The van der Waals surface area contributed by atoms with Crippen LogP contribution in [0.5, 0.6) is 0 Å². The van der Waals surface area contributed by atoms with Crippen LogP contribution in [0.25, 0.3) is 0 Å². The van der Waals surface area contributed by atoms with Crippen LogP contribution in [0.15, 0.2) is 73.1 Å². The highest BCUT2D eigenvalue weighted by molar-refractivity contribution is 5.92. The zero-order chi connectivity index (χ0) is 23.9. The molecule has 1 N–H and O–H groups in total. The highest BCUT2D eigenvalue weighted by atomic mass is 19.1. The Morgan fingerprint density at radius 1 is 0.971 bits per heavy atom. The fraction of sp³-hybridized carbons (Fsp3) is 0.357. The van der Waals surface area contributed by atoms with Crippen LogP contribution in [-0.4, -0.2) is 42.0 Å². The van der Waals surface area contributed by atoms with Gasteiger partial charge in [-0.1, -0.05) is 50.2 Å². The molecule has 34 heavy (non-hydrogen) atoms. The molecule has 5 nitrogen and oxygen atoms in total. The van der Waals surface area contributed by atoms with Gasteiger partial charge in [-0.2, -0.15) is 0 Å². The molecule has 2 heterocycles. The maximum absolute atomic E-state index is 15.0. The summed E-state index contributed by atoms with van der Waals surface area (Å²) >= 11 is 0. The van der Waals surface area contributed by atoms with Crippen molar-refractivity contribution in [1.82, 2.24) is 9.88 Å². The summed E-state index contributed by atoms with van der Waals surface area (Å²) in [5.74, 6) is -0.399. The van der Waals surface area contributed by atoms with Gasteiger partial charge in [-0.25, -0.2) is 4.39 Å². The van der Waals surface area contributed by atoms with Crippen LogP contribution in [0, 0.1) is 11.7 Å². The Hall–Kier alpha value is -3.25. The zero-order valence-corrected chi connectivity index (χ0v) is 20.0. The standard InChI is InChI=1S/C28H33FN4O/c1-3-21(4-2)28(34)31-24-12-13-26(25(29)19-24)32-15-17-33(18-16-32)27(22-9-6-5-7-10-22)23-11-8-14-30-20-23/h5-14,19-21,27H,3-4,15-18H2,1-2H3,(H,31,34). The van der Waals surface area contributed by atoms with E-state index >= 15 is 4.39 Å². The topological polar surface area (TPSA) is 48.5 Å². The number of nitrogens with one attached hydrogen (secondary N) is 1. The lowest BCUT2D eigenvalue weighted by atomic mass is 9.97. The van der Waals surface area contributed by atoms with Crippen molar-refractivity contribution in [2.45, 2.75) is 32.7 Å². The third-order valence-electron chi connectivity index (χ3n) is 6.71. The molecule has 1 aliphatic heterocycles. The Kier molecular flexibility index (Phi) is 7.91. The smallest absolute Gasteiger partial charge is 0.227 e. The monoisotopic (exact) mass is 460 g/mol. The van der Waals surface area contributed by atoms with Crippen molar-refractivity contribution in [1.29, 1.82) is 0 Å². The van der Waals surface area contributed by atoms with Gasteiger partial charge in [0.1, 0.15) is 5.82 Å². The average molecular weight is 461 g/mol. The summed E-state index contributed by atoms with van der Waals surface area (Å²) in [6, 6.07) is 19.7. The summed E-state index contributed by atoms with van der Waals surface area (Å²) in [5.41, 5.74) is 3.48. The van der Waals surface area contributed by atoms with E-state index in [2.05, 4.69) is 50.4 Å². The van der Waals surface area contributed by atoms with Gasteiger partial charge in [0, 0.05) is 50.2 Å². The molecule has 1 unspecified atom stereocenters. The Labute approximate surface area is 201 Å². The van der Waals surface area contributed by atoms with Crippen LogP contribution < -0.4 is 10.2 Å². The van der Waals surface area contributed by atoms with Gasteiger partial charge in [-0.15, -0.1) is 0 Å². The molecule has 0 bridgehead atoms. The minimum absolute atomic E-state index is 0.0480. The minimum atomic E-state index is -0.303. The molecule has 0 aliphatic carbocycles. The first kappa shape index (κ1) is 23.9. The molecule has 0 saturated carbocycles. The first-order valence-corrected chi connectivity index (χ1v) is 12.1. The molecule has 178 valence electrons. The van der Waals surface area contributed by atoms with E-state index in [1.807, 2.05) is 32.2 Å². The third kappa shape index (κ3) is 5.45. The largest absolute Gasteiger partial charge is 0.367 e. The number of hydrogen-bond donors (Lipinski definition) is 1. The van der Waals surface area contributed by atoms with Crippen LogP contribution in [0.1, 0.15) is 43.9 Å². The van der Waals surface area contributed by atoms with Crippen molar-refractivity contribution in [3.05, 3.63) is 90.0 Å². The fourth-order valence-electron chi connectivity index (χ4n) is 4.75. The maximum Gasteiger partial charge on any atom is 0.227 e. The summed E-state index contributed by atoms with van der Waals surface area (Å²) in [7, 11) is 0. The van der Waals surface area contributed by atoms with Crippen molar-refractivity contribution in [3.63, 3.8) is 0 Å². The van der Waals surface area contributed by atoms with Gasteiger partial charge >= 0.3 is 0 Å². The number of amides is 1. The quantitative estimate of drug-likeness (QED) is 0.482. The molecule has 1 amide bonds. The second kappa shape index (κ2) is 11.3. The van der Waals surface area contributed by atoms with E-state index in [0.29, 0.717) is 11.4 Å². The summed E-state index contributed by atoms with van der Waals surface area (Å²) in [6.45, 7) is 7.05. The lowest BCUT2D eigenvalue weighted by Crippen LogP contribution is -2.48. The summed E-state index contributed by atoms with van der Waals surface area (Å²) in [6.07, 6.45) is 5.27. The Bertz CT molecular complexity index is 1020. The predicted molar refractivity (Wildman–Crippen MR) is 135 cm³/mol. The number of benzene rings is 2. The maximum atomic E-state index is 15.0. The van der Waals surface area contributed by atoms with Gasteiger partial charge in [0.2, 0.25) is 5.91 Å². The highest BCUT2D eigenvalue weighted by Crippen LogP contribution is 2.31. The third-order valence-corrected chi connectivity index (χ3v) is 6.71. The van der Waals surface area contributed by atoms with Crippen LogP contribution in [0.4, 0.5) is 15.8 Å². The van der Waals surface area contributed by atoms with E-state index in [9.17, 15) is 4.79 Å². The lowest BCUT2D eigenvalue weighted by molar-refractivity contribution is -0.120. The van der Waals surface area contributed by atoms with Crippen LogP contribution >= 0.6 is 0 Å². The molecule has 1 fully saturated rings. The number of carbonyl (C=O) groups is 1. The Morgan fingerprint density at radius 2 is 1.68 bits per heavy atom. The van der Waals surface area contributed by atoms with E-state index in [-0.39, 0.29) is 23.7 Å². The molecule has 4 rings (SSSR count). The molecule has 0 spiro atoms. The molecule has 1 aromatic heterocycles. The van der Waals surface area contributed by atoms with E-state index in [1.165, 1.54) is 11.6 Å². The fourth-order valence-corrected chi connectivity index (χ4v) is 4.75. The number of anilines is 2. The van der Waals surface area contributed by atoms with Crippen LogP contribution in [-0.2, 0) is 4.79 Å². The van der Waals surface area contributed by atoms with E-state index in [1.54, 1.807) is 18.3 Å². The Morgan fingerprint density at radius 3 is 2.29 bits per heavy atom. The second-order valence-corrected chi connectivity index (χ2v) is 8.79. The second-order valence-electron chi connectivity index (χ2n) is 8.79. The minimum Gasteiger partial charge on any atom is -0.367 e. The SMILES string of the molecule is CCC(CC)C(=O)Nc1ccc(N2CCN(C(c3ccccc3)c3cccnc3)CC2)c(F)c1. The van der Waals surface area contributed by atoms with Crippen molar-refractivity contribution in [3.8, 4) is 0 Å². The van der Waals surface area contributed by atoms with E-state index in [0.717, 1.165) is 44.6 Å². The molecule has 1 saturated heterocycles. The van der Waals surface area contributed by atoms with Crippen molar-refractivity contribution in [2.75, 3.05) is 36.4 Å². The van der Waals surface area contributed by atoms with Crippen LogP contribution in [0.3, 0.4) is 0 Å². The number of aromatic nitrogens is 1. The normalized spacial score (nSPS) is 15.4. The summed E-state index contributed by atoms with van der Waals surface area (Å²) in [4.78, 5) is 21.2. The molecule has 1 aliphatic rings. The molecule has 0 radical (unpaired) electrons. The van der Waals surface area contributed by atoms with Crippen molar-refractivity contribution >= 4 is 17.3 Å². The molecular weight excluding hydrogens is 427 g/mol. The number of piperazine rings is 1. The van der Waals surface area contributed by atoms with Gasteiger partial charge in [0.05, 0.1) is 11.7 Å². The van der Waals surface area contributed by atoms with Gasteiger partial charge in [-0.05, 0) is 48.2 Å².